The summed E-state index contributed by atoms with van der Waals surface area (Å²) in [4.78, 5) is 8.72. The molecule has 0 unspecified atom stereocenters. The summed E-state index contributed by atoms with van der Waals surface area (Å²) in [6.07, 6.45) is 3.61. The highest BCUT2D eigenvalue weighted by Gasteiger charge is 2.18. The van der Waals surface area contributed by atoms with Crippen LogP contribution in [0, 0.1) is 11.6 Å². The number of imidazole rings is 1. The van der Waals surface area contributed by atoms with Gasteiger partial charge in [-0.2, -0.15) is 0 Å². The number of nitrogens with zero attached hydrogens (tertiary/aromatic N) is 4. The Bertz CT molecular complexity index is 1630. The third kappa shape index (κ3) is 4.81. The van der Waals surface area contributed by atoms with E-state index >= 15 is 0 Å². The molecule has 0 atom stereocenters. The summed E-state index contributed by atoms with van der Waals surface area (Å²) in [6, 6.07) is 25.3. The second kappa shape index (κ2) is 9.66. The standard InChI is InChI=1S/C29H20F2N4O2/c30-24-8-4-7-23(28(24)31)29-32-25-13-14-35(17-27(25)33-29)16-22-15-26(34-37-22)20-9-11-21(12-10-20)36-18-19-5-2-1-3-6-19/h1-15,17H,16,18H2. The number of rotatable bonds is 7. The van der Waals surface area contributed by atoms with Crippen LogP contribution in [0.25, 0.3) is 34.0 Å². The number of halogens is 2. The van der Waals surface area contributed by atoms with E-state index in [0.29, 0.717) is 36.0 Å². The molecule has 0 fully saturated rings. The molecule has 4 aromatic rings. The summed E-state index contributed by atoms with van der Waals surface area (Å²) in [5.41, 5.74) is 3.90. The molecule has 0 spiro atoms. The molecular weight excluding hydrogens is 474 g/mol. The van der Waals surface area contributed by atoms with Crippen molar-refractivity contribution in [2.24, 2.45) is 0 Å². The Kier molecular flexibility index (Phi) is 5.90. The largest absolute Gasteiger partial charge is 0.489 e. The number of fused-ring (bicyclic) bond motifs is 1. The third-order valence-corrected chi connectivity index (χ3v) is 5.92. The van der Waals surface area contributed by atoms with Crippen LogP contribution in [0.2, 0.25) is 0 Å². The lowest BCUT2D eigenvalue weighted by molar-refractivity contribution is 0.306. The molecule has 0 N–H and O–H groups in total. The van der Waals surface area contributed by atoms with E-state index in [2.05, 4.69) is 15.1 Å². The summed E-state index contributed by atoms with van der Waals surface area (Å²) >= 11 is 0. The number of pyridine rings is 1. The summed E-state index contributed by atoms with van der Waals surface area (Å²) in [5, 5.41) is 4.20. The van der Waals surface area contributed by atoms with Gasteiger partial charge in [0.25, 0.3) is 0 Å². The van der Waals surface area contributed by atoms with E-state index < -0.39 is 11.6 Å². The van der Waals surface area contributed by atoms with E-state index in [1.54, 1.807) is 12.3 Å². The summed E-state index contributed by atoms with van der Waals surface area (Å²) < 4.78 is 41.0. The van der Waals surface area contributed by atoms with Crippen molar-refractivity contribution >= 4 is 0 Å². The number of benzene rings is 3. The molecular formula is C29H20F2N4O2. The van der Waals surface area contributed by atoms with Crippen LogP contribution in [0.1, 0.15) is 11.3 Å². The van der Waals surface area contributed by atoms with E-state index in [9.17, 15) is 8.78 Å². The van der Waals surface area contributed by atoms with Gasteiger partial charge in [0, 0.05) is 24.0 Å². The Morgan fingerprint density at radius 3 is 2.46 bits per heavy atom. The van der Waals surface area contributed by atoms with E-state index in [0.717, 1.165) is 22.9 Å². The average Bonchev–Trinajstić information content (AvgIpc) is 3.57. The molecule has 3 aromatic carbocycles. The van der Waals surface area contributed by atoms with Gasteiger partial charge in [-0.1, -0.05) is 41.6 Å². The monoisotopic (exact) mass is 494 g/mol. The van der Waals surface area contributed by atoms with Gasteiger partial charge in [0.15, 0.2) is 23.2 Å². The molecule has 6 rings (SSSR count). The minimum atomic E-state index is -0.962. The molecule has 0 radical (unpaired) electrons. The van der Waals surface area contributed by atoms with Crippen molar-refractivity contribution < 1.29 is 18.0 Å². The second-order valence-electron chi connectivity index (χ2n) is 8.51. The molecule has 2 aliphatic heterocycles. The van der Waals surface area contributed by atoms with Crippen LogP contribution in [0.15, 0.2) is 102 Å². The van der Waals surface area contributed by atoms with E-state index in [-0.39, 0.29) is 11.4 Å². The summed E-state index contributed by atoms with van der Waals surface area (Å²) in [6.45, 7) is 0.917. The van der Waals surface area contributed by atoms with Crippen molar-refractivity contribution in [3.63, 3.8) is 0 Å². The molecule has 2 aliphatic rings. The van der Waals surface area contributed by atoms with Crippen LogP contribution in [0.3, 0.4) is 0 Å². The van der Waals surface area contributed by atoms with Gasteiger partial charge in [-0.3, -0.25) is 0 Å². The first-order valence-electron chi connectivity index (χ1n) is 11.6. The predicted octanol–water partition coefficient (Wildman–Crippen LogP) is 6.61. The Labute approximate surface area is 211 Å². The van der Waals surface area contributed by atoms with Gasteiger partial charge < -0.3 is 13.8 Å². The molecule has 37 heavy (non-hydrogen) atoms. The maximum atomic E-state index is 14.2. The van der Waals surface area contributed by atoms with E-state index in [1.165, 1.54) is 12.1 Å². The maximum absolute atomic E-state index is 14.2. The third-order valence-electron chi connectivity index (χ3n) is 5.92. The zero-order chi connectivity index (χ0) is 25.2. The highest BCUT2D eigenvalue weighted by molar-refractivity contribution is 5.66. The number of hydrogen-bond donors (Lipinski definition) is 0. The fourth-order valence-electron chi connectivity index (χ4n) is 4.01. The molecule has 0 bridgehead atoms. The molecule has 0 saturated carbocycles. The molecule has 8 heteroatoms. The zero-order valence-corrected chi connectivity index (χ0v) is 19.5. The van der Waals surface area contributed by atoms with Crippen LogP contribution < -0.4 is 4.74 Å². The Morgan fingerprint density at radius 2 is 1.62 bits per heavy atom. The van der Waals surface area contributed by atoms with Gasteiger partial charge in [0.2, 0.25) is 0 Å². The Balaban J connectivity index is 1.15. The Morgan fingerprint density at radius 1 is 0.811 bits per heavy atom. The van der Waals surface area contributed by atoms with Crippen molar-refractivity contribution in [1.82, 2.24) is 19.7 Å². The lowest BCUT2D eigenvalue weighted by Gasteiger charge is -2.06. The first kappa shape index (κ1) is 22.6. The smallest absolute Gasteiger partial charge is 0.169 e. The van der Waals surface area contributed by atoms with Crippen LogP contribution in [0.5, 0.6) is 5.75 Å². The number of ether oxygens (including phenoxy) is 1. The lowest BCUT2D eigenvalue weighted by atomic mass is 10.1. The minimum absolute atomic E-state index is 0.0270. The van der Waals surface area contributed by atoms with Crippen molar-refractivity contribution in [3.05, 3.63) is 120 Å². The van der Waals surface area contributed by atoms with Crippen LogP contribution >= 0.6 is 0 Å². The average molecular weight is 495 g/mol. The SMILES string of the molecule is Fc1cccc(-c2nc3ccn(Cc4cc(-c5ccc(OCc6ccccc6)cc5)no4)cc-3n2)c1F. The second-order valence-corrected chi connectivity index (χ2v) is 8.51. The van der Waals surface area contributed by atoms with Crippen molar-refractivity contribution in [2.45, 2.75) is 13.2 Å². The molecule has 0 saturated heterocycles. The summed E-state index contributed by atoms with van der Waals surface area (Å²) in [5.74, 6) is -0.330. The number of aromatic nitrogens is 4. The van der Waals surface area contributed by atoms with Gasteiger partial charge in [-0.25, -0.2) is 18.7 Å². The highest BCUT2D eigenvalue weighted by Crippen LogP contribution is 2.28. The molecule has 1 aromatic heterocycles. The van der Waals surface area contributed by atoms with Crippen molar-refractivity contribution in [1.29, 1.82) is 0 Å². The quantitative estimate of drug-likeness (QED) is 0.250. The van der Waals surface area contributed by atoms with Gasteiger partial charge in [0.05, 0.1) is 17.8 Å². The van der Waals surface area contributed by atoms with Gasteiger partial charge in [0.1, 0.15) is 23.7 Å². The normalized spacial score (nSPS) is 11.2. The molecule has 3 heterocycles. The Hall–Kier alpha value is -4.85. The number of hydrogen-bond acceptors (Lipinski definition) is 5. The van der Waals surface area contributed by atoms with E-state index in [4.69, 9.17) is 9.26 Å². The maximum Gasteiger partial charge on any atom is 0.169 e. The first-order chi connectivity index (χ1) is 18.1. The van der Waals surface area contributed by atoms with Crippen LogP contribution in [0.4, 0.5) is 8.78 Å². The van der Waals surface area contributed by atoms with Crippen LogP contribution in [-0.4, -0.2) is 19.7 Å². The van der Waals surface area contributed by atoms with Gasteiger partial charge in [-0.05, 0) is 48.0 Å². The summed E-state index contributed by atoms with van der Waals surface area (Å²) in [7, 11) is 0. The molecule has 0 amide bonds. The molecule has 0 aliphatic carbocycles. The van der Waals surface area contributed by atoms with Gasteiger partial charge >= 0.3 is 0 Å². The fraction of sp³-hybridized carbons (Fsp3) is 0.0690. The molecule has 182 valence electrons. The predicted molar refractivity (Wildman–Crippen MR) is 134 cm³/mol. The highest BCUT2D eigenvalue weighted by atomic mass is 19.2. The van der Waals surface area contributed by atoms with Gasteiger partial charge in [-0.15, -0.1) is 0 Å². The fourth-order valence-corrected chi connectivity index (χ4v) is 4.01. The van der Waals surface area contributed by atoms with Crippen LogP contribution in [-0.2, 0) is 13.2 Å². The van der Waals surface area contributed by atoms with E-state index in [1.807, 2.05) is 71.4 Å². The lowest BCUT2D eigenvalue weighted by Crippen LogP contribution is -1.99. The van der Waals surface area contributed by atoms with Crippen molar-refractivity contribution in [2.75, 3.05) is 0 Å². The molecule has 6 nitrogen and oxygen atoms in total. The minimum Gasteiger partial charge on any atom is -0.489 e. The first-order valence-corrected chi connectivity index (χ1v) is 11.6. The topological polar surface area (TPSA) is 66.0 Å². The zero-order valence-electron chi connectivity index (χ0n) is 19.5. The van der Waals surface area contributed by atoms with Crippen molar-refractivity contribution in [3.8, 4) is 39.8 Å².